The molecule has 0 atom stereocenters. The highest BCUT2D eigenvalue weighted by Crippen LogP contribution is 2.22. The van der Waals surface area contributed by atoms with E-state index in [1.807, 2.05) is 39.0 Å². The van der Waals surface area contributed by atoms with Crippen molar-refractivity contribution in [3.63, 3.8) is 0 Å². The molecule has 98 valence electrons. The van der Waals surface area contributed by atoms with Gasteiger partial charge in [0.1, 0.15) is 5.75 Å². The molecule has 3 nitrogen and oxygen atoms in total. The Balaban J connectivity index is 2.44. The van der Waals surface area contributed by atoms with E-state index < -0.39 is 0 Å². The van der Waals surface area contributed by atoms with Crippen molar-refractivity contribution >= 4 is 5.78 Å². The Hall–Kier alpha value is -2.16. The maximum absolute atomic E-state index is 12.5. The van der Waals surface area contributed by atoms with Gasteiger partial charge in [0.2, 0.25) is 0 Å². The van der Waals surface area contributed by atoms with E-state index in [0.717, 1.165) is 11.4 Å². The molecule has 2 aromatic rings. The first-order valence-corrected chi connectivity index (χ1v) is 6.33. The summed E-state index contributed by atoms with van der Waals surface area (Å²) in [6.45, 7) is 6.22. The topological polar surface area (TPSA) is 39.2 Å². The summed E-state index contributed by atoms with van der Waals surface area (Å²) in [7, 11) is 0. The number of hydrogen-bond acceptors (Lipinski definition) is 3. The second kappa shape index (κ2) is 5.65. The van der Waals surface area contributed by atoms with Crippen molar-refractivity contribution in [1.29, 1.82) is 0 Å². The number of rotatable bonds is 4. The lowest BCUT2D eigenvalue weighted by Gasteiger charge is -2.09. The molecule has 0 saturated carbocycles. The third kappa shape index (κ3) is 2.99. The van der Waals surface area contributed by atoms with E-state index in [-0.39, 0.29) is 5.78 Å². The van der Waals surface area contributed by atoms with Crippen LogP contribution in [0.25, 0.3) is 0 Å². The van der Waals surface area contributed by atoms with Crippen molar-refractivity contribution in [2.75, 3.05) is 6.61 Å². The number of carbonyl (C=O) groups excluding carboxylic acids is 1. The molecule has 0 bridgehead atoms. The van der Waals surface area contributed by atoms with Crippen LogP contribution in [-0.4, -0.2) is 17.4 Å². The van der Waals surface area contributed by atoms with Crippen molar-refractivity contribution in [2.24, 2.45) is 0 Å². The molecule has 19 heavy (non-hydrogen) atoms. The molecule has 2 rings (SSSR count). The monoisotopic (exact) mass is 255 g/mol. The van der Waals surface area contributed by atoms with E-state index >= 15 is 0 Å². The van der Waals surface area contributed by atoms with Crippen LogP contribution in [0.1, 0.15) is 34.2 Å². The minimum atomic E-state index is -0.0300. The molecule has 0 N–H and O–H groups in total. The number of pyridine rings is 1. The Kier molecular flexibility index (Phi) is 3.95. The van der Waals surface area contributed by atoms with Crippen molar-refractivity contribution in [3.05, 3.63) is 58.9 Å². The molecule has 0 saturated heterocycles. The second-order valence-electron chi connectivity index (χ2n) is 4.40. The van der Waals surface area contributed by atoms with Crippen LogP contribution in [0, 0.1) is 13.8 Å². The Morgan fingerprint density at radius 1 is 1.16 bits per heavy atom. The molecule has 0 radical (unpaired) electrons. The Labute approximate surface area is 113 Å². The van der Waals surface area contributed by atoms with E-state index in [9.17, 15) is 4.79 Å². The molecule has 1 aromatic carbocycles. The lowest BCUT2D eigenvalue weighted by molar-refractivity contribution is 0.103. The molecule has 3 heteroatoms. The fraction of sp³-hybridized carbons (Fsp3) is 0.250. The van der Waals surface area contributed by atoms with Crippen LogP contribution < -0.4 is 4.74 Å². The van der Waals surface area contributed by atoms with E-state index in [1.165, 1.54) is 0 Å². The van der Waals surface area contributed by atoms with Gasteiger partial charge in [-0.1, -0.05) is 12.1 Å². The van der Waals surface area contributed by atoms with Gasteiger partial charge in [0.05, 0.1) is 12.2 Å². The lowest BCUT2D eigenvalue weighted by Crippen LogP contribution is -2.06. The summed E-state index contributed by atoms with van der Waals surface area (Å²) < 4.78 is 5.50. The Bertz CT molecular complexity index is 585. The van der Waals surface area contributed by atoms with Crippen molar-refractivity contribution < 1.29 is 9.53 Å². The first-order chi connectivity index (χ1) is 9.11. The molecular formula is C16H17NO2. The number of hydrogen-bond donors (Lipinski definition) is 0. The van der Waals surface area contributed by atoms with Gasteiger partial charge >= 0.3 is 0 Å². The van der Waals surface area contributed by atoms with Gasteiger partial charge in [0.25, 0.3) is 0 Å². The summed E-state index contributed by atoms with van der Waals surface area (Å²) >= 11 is 0. The number of nitrogens with zero attached hydrogens (tertiary/aromatic N) is 1. The van der Waals surface area contributed by atoms with E-state index in [0.29, 0.717) is 23.5 Å². The number of ketones is 1. The predicted octanol–water partition coefficient (Wildman–Crippen LogP) is 3.33. The molecule has 0 amide bonds. The number of aryl methyl sites for hydroxylation is 2. The van der Waals surface area contributed by atoms with Crippen LogP contribution in [-0.2, 0) is 0 Å². The molecule has 0 fully saturated rings. The van der Waals surface area contributed by atoms with E-state index in [1.54, 1.807) is 18.2 Å². The van der Waals surface area contributed by atoms with Gasteiger partial charge < -0.3 is 4.74 Å². The summed E-state index contributed by atoms with van der Waals surface area (Å²) in [5.74, 6) is 0.597. The third-order valence-electron chi connectivity index (χ3n) is 2.78. The van der Waals surface area contributed by atoms with Crippen molar-refractivity contribution in [1.82, 2.24) is 4.98 Å². The van der Waals surface area contributed by atoms with Gasteiger partial charge in [-0.2, -0.15) is 0 Å². The number of para-hydroxylation sites is 1. The van der Waals surface area contributed by atoms with Crippen LogP contribution in [0.2, 0.25) is 0 Å². The fourth-order valence-corrected chi connectivity index (χ4v) is 2.06. The highest BCUT2D eigenvalue weighted by molar-refractivity contribution is 6.10. The van der Waals surface area contributed by atoms with Crippen molar-refractivity contribution in [2.45, 2.75) is 20.8 Å². The van der Waals surface area contributed by atoms with Crippen LogP contribution >= 0.6 is 0 Å². The zero-order valence-corrected chi connectivity index (χ0v) is 11.4. The predicted molar refractivity (Wildman–Crippen MR) is 74.8 cm³/mol. The summed E-state index contributed by atoms with van der Waals surface area (Å²) in [5, 5.41) is 0. The minimum Gasteiger partial charge on any atom is -0.493 e. The van der Waals surface area contributed by atoms with Crippen LogP contribution in [0.4, 0.5) is 0 Å². The fourth-order valence-electron chi connectivity index (χ4n) is 2.06. The average Bonchev–Trinajstić information content (AvgIpc) is 2.38. The second-order valence-corrected chi connectivity index (χ2v) is 4.40. The highest BCUT2D eigenvalue weighted by atomic mass is 16.5. The molecule has 0 aliphatic rings. The van der Waals surface area contributed by atoms with Gasteiger partial charge in [0.15, 0.2) is 5.78 Å². The lowest BCUT2D eigenvalue weighted by atomic mass is 10.0. The van der Waals surface area contributed by atoms with Gasteiger partial charge in [-0.3, -0.25) is 9.78 Å². The SMILES string of the molecule is CCOc1ccccc1C(=O)c1cc(C)nc(C)c1. The van der Waals surface area contributed by atoms with E-state index in [4.69, 9.17) is 4.74 Å². The Morgan fingerprint density at radius 3 is 2.42 bits per heavy atom. The normalized spacial score (nSPS) is 10.3. The zero-order chi connectivity index (χ0) is 13.8. The molecule has 0 spiro atoms. The van der Waals surface area contributed by atoms with Crippen LogP contribution in [0.5, 0.6) is 5.75 Å². The maximum atomic E-state index is 12.5. The van der Waals surface area contributed by atoms with Gasteiger partial charge in [-0.05, 0) is 45.0 Å². The number of benzene rings is 1. The molecule has 1 heterocycles. The summed E-state index contributed by atoms with van der Waals surface area (Å²) in [6, 6.07) is 10.9. The zero-order valence-electron chi connectivity index (χ0n) is 11.4. The standard InChI is InChI=1S/C16H17NO2/c1-4-19-15-8-6-5-7-14(15)16(18)13-9-11(2)17-12(3)10-13/h5-10H,4H2,1-3H3. The number of aromatic nitrogens is 1. The molecular weight excluding hydrogens is 238 g/mol. The maximum Gasteiger partial charge on any atom is 0.196 e. The van der Waals surface area contributed by atoms with Gasteiger partial charge in [0, 0.05) is 17.0 Å². The van der Waals surface area contributed by atoms with Crippen LogP contribution in [0.3, 0.4) is 0 Å². The molecule has 0 unspecified atom stereocenters. The van der Waals surface area contributed by atoms with Crippen molar-refractivity contribution in [3.8, 4) is 5.75 Å². The number of carbonyl (C=O) groups is 1. The third-order valence-corrected chi connectivity index (χ3v) is 2.78. The van der Waals surface area contributed by atoms with E-state index in [2.05, 4.69) is 4.98 Å². The first-order valence-electron chi connectivity index (χ1n) is 6.33. The van der Waals surface area contributed by atoms with Crippen LogP contribution in [0.15, 0.2) is 36.4 Å². The first kappa shape index (κ1) is 13.3. The van der Waals surface area contributed by atoms with Gasteiger partial charge in [-0.15, -0.1) is 0 Å². The summed E-state index contributed by atoms with van der Waals surface area (Å²) in [4.78, 5) is 16.8. The number of ether oxygens (including phenoxy) is 1. The summed E-state index contributed by atoms with van der Waals surface area (Å²) in [6.07, 6.45) is 0. The average molecular weight is 255 g/mol. The van der Waals surface area contributed by atoms with Gasteiger partial charge in [-0.25, -0.2) is 0 Å². The molecule has 0 aliphatic carbocycles. The quantitative estimate of drug-likeness (QED) is 0.787. The molecule has 1 aromatic heterocycles. The summed E-state index contributed by atoms with van der Waals surface area (Å²) in [5.41, 5.74) is 2.93. The smallest absolute Gasteiger partial charge is 0.196 e. The minimum absolute atomic E-state index is 0.0300. The largest absolute Gasteiger partial charge is 0.493 e. The highest BCUT2D eigenvalue weighted by Gasteiger charge is 2.15. The Morgan fingerprint density at radius 2 is 1.79 bits per heavy atom. The molecule has 0 aliphatic heterocycles.